The summed E-state index contributed by atoms with van der Waals surface area (Å²) in [5, 5.41) is 5.41. The van der Waals surface area contributed by atoms with E-state index >= 15 is 0 Å². The van der Waals surface area contributed by atoms with Gasteiger partial charge in [0.15, 0.2) is 0 Å². The van der Waals surface area contributed by atoms with Crippen LogP contribution in [0.15, 0.2) is 47.4 Å². The minimum Gasteiger partial charge on any atom is -0.384 e. The second-order valence-corrected chi connectivity index (χ2v) is 11.1. The van der Waals surface area contributed by atoms with Crippen molar-refractivity contribution in [2.75, 3.05) is 45.2 Å². The van der Waals surface area contributed by atoms with Crippen LogP contribution in [0.25, 0.3) is 0 Å². The highest BCUT2D eigenvalue weighted by Crippen LogP contribution is 2.27. The molecule has 9 nitrogen and oxygen atoms in total. The molecule has 0 radical (unpaired) electrons. The number of thiol groups is 1. The summed E-state index contributed by atoms with van der Waals surface area (Å²) < 4.78 is 33.1. The first-order valence-corrected chi connectivity index (χ1v) is 14.3. The molecule has 204 valence electrons. The van der Waals surface area contributed by atoms with E-state index in [0.29, 0.717) is 49.8 Å². The van der Waals surface area contributed by atoms with E-state index in [-0.39, 0.29) is 28.4 Å². The zero-order valence-corrected chi connectivity index (χ0v) is 23.9. The Labute approximate surface area is 233 Å². The van der Waals surface area contributed by atoms with Gasteiger partial charge in [0.05, 0.1) is 11.6 Å². The van der Waals surface area contributed by atoms with Gasteiger partial charge in [-0.1, -0.05) is 54.0 Å². The number of para-hydroxylation sites is 1. The maximum absolute atomic E-state index is 12.8. The predicted molar refractivity (Wildman–Crippen MR) is 151 cm³/mol. The van der Waals surface area contributed by atoms with Crippen LogP contribution < -0.4 is 15.4 Å². The largest absolute Gasteiger partial charge is 0.384 e. The molecule has 2 aromatic carbocycles. The summed E-state index contributed by atoms with van der Waals surface area (Å²) in [4.78, 5) is 26.0. The lowest BCUT2D eigenvalue weighted by atomic mass is 9.97. The van der Waals surface area contributed by atoms with Crippen LogP contribution in [0.4, 0.5) is 15.3 Å². The van der Waals surface area contributed by atoms with Crippen LogP contribution in [0.5, 0.6) is 0 Å². The number of sulfonamides is 1. The fourth-order valence-corrected chi connectivity index (χ4v) is 5.70. The molecular weight excluding hydrogens is 559 g/mol. The number of methoxy groups -OCH3 is 1. The van der Waals surface area contributed by atoms with Crippen molar-refractivity contribution in [1.82, 2.24) is 14.9 Å². The van der Waals surface area contributed by atoms with Crippen molar-refractivity contribution in [3.8, 4) is 0 Å². The van der Waals surface area contributed by atoms with Crippen molar-refractivity contribution in [3.05, 3.63) is 58.1 Å². The topological polar surface area (TPSA) is 117 Å². The molecule has 0 saturated carbocycles. The van der Waals surface area contributed by atoms with Gasteiger partial charge >= 0.3 is 6.03 Å². The lowest BCUT2D eigenvalue weighted by molar-refractivity contribution is 0.152. The molecule has 0 aliphatic rings. The highest BCUT2D eigenvalue weighted by Gasteiger charge is 2.23. The Morgan fingerprint density at radius 3 is 2.51 bits per heavy atom. The molecule has 0 spiro atoms. The number of unbranched alkanes of at least 4 members (excludes halogenated alkanes) is 1. The van der Waals surface area contributed by atoms with Crippen LogP contribution in [0.3, 0.4) is 0 Å². The Kier molecular flexibility index (Phi) is 13.0. The number of hydrogen-bond acceptors (Lipinski definition) is 5. The van der Waals surface area contributed by atoms with E-state index in [1.807, 2.05) is 19.1 Å². The third-order valence-corrected chi connectivity index (χ3v) is 7.69. The minimum atomic E-state index is -3.80. The molecule has 0 heterocycles. The number of nitrogens with zero attached hydrogens (tertiary/aromatic N) is 1. The summed E-state index contributed by atoms with van der Waals surface area (Å²) in [6.07, 6.45) is 1.03. The van der Waals surface area contributed by atoms with Crippen molar-refractivity contribution in [3.63, 3.8) is 0 Å². The number of nitrogens with one attached hydrogen (secondary N) is 3. The molecular formula is C24H32Cl2N4O5S2. The number of carbonyl (C=O) groups is 2. The maximum Gasteiger partial charge on any atom is 0.317 e. The van der Waals surface area contributed by atoms with Gasteiger partial charge in [-0.25, -0.2) is 17.9 Å². The molecule has 1 atom stereocenters. The number of benzene rings is 2. The number of ether oxygens (including phenoxy) is 1. The van der Waals surface area contributed by atoms with Gasteiger partial charge in [-0.3, -0.25) is 4.79 Å². The van der Waals surface area contributed by atoms with Crippen LogP contribution in [0.1, 0.15) is 31.2 Å². The van der Waals surface area contributed by atoms with E-state index in [0.717, 1.165) is 5.56 Å². The van der Waals surface area contributed by atoms with E-state index < -0.39 is 15.3 Å². The molecule has 0 saturated heterocycles. The zero-order valence-electron chi connectivity index (χ0n) is 20.7. The van der Waals surface area contributed by atoms with Crippen molar-refractivity contribution in [2.45, 2.75) is 30.6 Å². The van der Waals surface area contributed by atoms with Crippen LogP contribution in [0.2, 0.25) is 10.0 Å². The molecule has 0 aliphatic carbocycles. The second kappa shape index (κ2) is 15.4. The first-order valence-electron chi connectivity index (χ1n) is 11.6. The van der Waals surface area contributed by atoms with Gasteiger partial charge in [0.25, 0.3) is 5.24 Å². The van der Waals surface area contributed by atoms with Crippen LogP contribution in [-0.4, -0.2) is 64.5 Å². The van der Waals surface area contributed by atoms with E-state index in [2.05, 4.69) is 28.0 Å². The lowest BCUT2D eigenvalue weighted by Gasteiger charge is -2.29. The fourth-order valence-electron chi connectivity index (χ4n) is 3.73. The normalized spacial score (nSPS) is 12.1. The zero-order chi connectivity index (χ0) is 27.4. The molecule has 0 fully saturated rings. The first kappa shape index (κ1) is 31.2. The van der Waals surface area contributed by atoms with Crippen LogP contribution in [0, 0.1) is 0 Å². The van der Waals surface area contributed by atoms with E-state index in [1.165, 1.54) is 18.2 Å². The number of amides is 3. The van der Waals surface area contributed by atoms with Gasteiger partial charge in [0.1, 0.15) is 4.90 Å². The molecule has 2 rings (SSSR count). The van der Waals surface area contributed by atoms with Crippen LogP contribution >= 0.6 is 35.8 Å². The molecule has 2 aromatic rings. The summed E-state index contributed by atoms with van der Waals surface area (Å²) in [5.74, 6) is -0.227. The molecule has 1 unspecified atom stereocenters. The molecule has 0 aliphatic heterocycles. The molecule has 0 bridgehead atoms. The molecule has 3 N–H and O–H groups in total. The number of halogens is 2. The van der Waals surface area contributed by atoms with Crippen molar-refractivity contribution in [2.24, 2.45) is 0 Å². The third-order valence-electron chi connectivity index (χ3n) is 5.40. The lowest BCUT2D eigenvalue weighted by Crippen LogP contribution is -2.43. The Hall–Kier alpha value is -2.02. The Balaban J connectivity index is 2.05. The molecule has 13 heteroatoms. The van der Waals surface area contributed by atoms with E-state index in [9.17, 15) is 18.0 Å². The smallest absolute Gasteiger partial charge is 0.317 e. The fraction of sp³-hybridized carbons (Fsp3) is 0.417. The highest BCUT2D eigenvalue weighted by molar-refractivity contribution is 7.96. The summed E-state index contributed by atoms with van der Waals surface area (Å²) >= 11 is 15.7. The second-order valence-electron chi connectivity index (χ2n) is 8.13. The monoisotopic (exact) mass is 590 g/mol. The van der Waals surface area contributed by atoms with Crippen molar-refractivity contribution in [1.29, 1.82) is 0 Å². The van der Waals surface area contributed by atoms with E-state index in [1.54, 1.807) is 24.1 Å². The van der Waals surface area contributed by atoms with Crippen molar-refractivity contribution >= 4 is 62.8 Å². The summed E-state index contributed by atoms with van der Waals surface area (Å²) in [7, 11) is -2.23. The average molecular weight is 592 g/mol. The number of urea groups is 1. The van der Waals surface area contributed by atoms with Gasteiger partial charge < -0.3 is 20.3 Å². The Morgan fingerprint density at radius 2 is 1.86 bits per heavy atom. The summed E-state index contributed by atoms with van der Waals surface area (Å²) in [6.45, 7) is 3.48. The minimum absolute atomic E-state index is 0.0426. The van der Waals surface area contributed by atoms with Gasteiger partial charge in [0.2, 0.25) is 10.0 Å². The standard InChI is InChI=1S/C24H32Cl2N4O5S2/c1-3-27-23(31)30(15-17(16-35-2)19-8-4-5-9-21(19)29-24(32)36)13-7-6-12-28-37(33,34)22-11-10-18(25)14-20(22)26/h4-5,8-11,14,17,28H,3,6-7,12-13,15-16H2,1-2H3,(H,27,31)(H2,29,32,36). The van der Waals surface area contributed by atoms with Gasteiger partial charge in [-0.05, 0) is 49.6 Å². The van der Waals surface area contributed by atoms with Gasteiger partial charge in [-0.15, -0.1) is 0 Å². The molecule has 3 amide bonds. The molecule has 37 heavy (non-hydrogen) atoms. The predicted octanol–water partition coefficient (Wildman–Crippen LogP) is 4.98. The Bertz CT molecular complexity index is 1170. The Morgan fingerprint density at radius 1 is 1.14 bits per heavy atom. The van der Waals surface area contributed by atoms with Crippen molar-refractivity contribution < 1.29 is 22.7 Å². The SMILES string of the molecule is CCNC(=O)N(CCCCNS(=O)(=O)c1ccc(Cl)cc1Cl)CC(COC)c1ccccc1NC(=O)S. The molecule has 0 aromatic heterocycles. The number of anilines is 1. The quantitative estimate of drug-likeness (QED) is 0.183. The average Bonchev–Trinajstić information content (AvgIpc) is 2.82. The third kappa shape index (κ3) is 9.99. The maximum atomic E-state index is 12.8. The summed E-state index contributed by atoms with van der Waals surface area (Å²) in [5.41, 5.74) is 1.41. The van der Waals surface area contributed by atoms with Gasteiger partial charge in [-0.2, -0.15) is 0 Å². The summed E-state index contributed by atoms with van der Waals surface area (Å²) in [6, 6.07) is 11.2. The number of rotatable bonds is 14. The number of carbonyl (C=O) groups excluding carboxylic acids is 2. The first-order chi connectivity index (χ1) is 17.6. The number of hydrogen-bond donors (Lipinski definition) is 4. The van der Waals surface area contributed by atoms with Crippen LogP contribution in [-0.2, 0) is 14.8 Å². The highest BCUT2D eigenvalue weighted by atomic mass is 35.5. The van der Waals surface area contributed by atoms with Gasteiger partial charge in [0, 0.05) is 49.9 Å². The van der Waals surface area contributed by atoms with E-state index in [4.69, 9.17) is 27.9 Å².